The van der Waals surface area contributed by atoms with Crippen molar-refractivity contribution in [3.63, 3.8) is 0 Å². The second-order valence-corrected chi connectivity index (χ2v) is 3.51. The first-order chi connectivity index (χ1) is 6.19. The highest BCUT2D eigenvalue weighted by atomic mass is 15.3. The molecule has 2 N–H and O–H groups in total. The number of nitrogens with two attached hydrogens (primary N) is 1. The Morgan fingerprint density at radius 3 is 2.46 bits per heavy atom. The number of hydrogen-bond donors (Lipinski definition) is 1. The third kappa shape index (κ3) is 2.28. The predicted octanol–water partition coefficient (Wildman–Crippen LogP) is 0.862. The molecule has 1 atom stereocenters. The van der Waals surface area contributed by atoms with Crippen LogP contribution in [0.4, 0.5) is 0 Å². The highest BCUT2D eigenvalue weighted by Gasteiger charge is 2.09. The van der Waals surface area contributed by atoms with Crippen molar-refractivity contribution in [3.05, 3.63) is 11.6 Å². The number of hydrogen-bond acceptors (Lipinski definition) is 3. The SMILES string of the molecule is CCC(C)Cc1nnc(CN)n1C. The molecule has 1 aromatic rings. The molecule has 4 nitrogen and oxygen atoms in total. The Kier molecular flexibility index (Phi) is 3.42. The molecule has 0 fully saturated rings. The normalized spacial score (nSPS) is 13.2. The van der Waals surface area contributed by atoms with E-state index in [1.807, 2.05) is 11.6 Å². The van der Waals surface area contributed by atoms with Gasteiger partial charge in [0.05, 0.1) is 6.54 Å². The van der Waals surface area contributed by atoms with Crippen LogP contribution >= 0.6 is 0 Å². The standard InChI is InChI=1S/C9H18N4/c1-4-7(2)5-8-11-12-9(6-10)13(8)3/h7H,4-6,10H2,1-3H3. The molecule has 1 unspecified atom stereocenters. The third-order valence-corrected chi connectivity index (χ3v) is 2.47. The molecule has 0 amide bonds. The molecule has 0 saturated carbocycles. The maximum atomic E-state index is 5.50. The lowest BCUT2D eigenvalue weighted by Gasteiger charge is -2.07. The van der Waals surface area contributed by atoms with Crippen molar-refractivity contribution < 1.29 is 0 Å². The van der Waals surface area contributed by atoms with Gasteiger partial charge in [0, 0.05) is 13.5 Å². The van der Waals surface area contributed by atoms with Crippen molar-refractivity contribution in [1.29, 1.82) is 0 Å². The summed E-state index contributed by atoms with van der Waals surface area (Å²) >= 11 is 0. The molecule has 4 heteroatoms. The molecular formula is C9H18N4. The summed E-state index contributed by atoms with van der Waals surface area (Å²) in [6, 6.07) is 0. The van der Waals surface area contributed by atoms with Gasteiger partial charge >= 0.3 is 0 Å². The summed E-state index contributed by atoms with van der Waals surface area (Å²) in [5, 5.41) is 8.12. The Balaban J connectivity index is 2.72. The number of nitrogens with zero attached hydrogens (tertiary/aromatic N) is 3. The molecule has 0 saturated heterocycles. The lowest BCUT2D eigenvalue weighted by molar-refractivity contribution is 0.530. The molecule has 1 aromatic heterocycles. The Hall–Kier alpha value is -0.900. The van der Waals surface area contributed by atoms with Gasteiger partial charge in [0.1, 0.15) is 11.6 Å². The number of rotatable bonds is 4. The van der Waals surface area contributed by atoms with E-state index in [9.17, 15) is 0 Å². The Labute approximate surface area is 79.2 Å². The minimum atomic E-state index is 0.462. The molecule has 1 heterocycles. The van der Waals surface area contributed by atoms with E-state index in [4.69, 9.17) is 5.73 Å². The Bertz CT molecular complexity index is 267. The first-order valence-electron chi connectivity index (χ1n) is 4.76. The average molecular weight is 182 g/mol. The fourth-order valence-electron chi connectivity index (χ4n) is 1.21. The van der Waals surface area contributed by atoms with Crippen LogP contribution < -0.4 is 5.73 Å². The average Bonchev–Trinajstić information content (AvgIpc) is 2.48. The first kappa shape index (κ1) is 10.2. The van der Waals surface area contributed by atoms with Gasteiger partial charge in [-0.05, 0) is 5.92 Å². The molecular weight excluding hydrogens is 164 g/mol. The van der Waals surface area contributed by atoms with Gasteiger partial charge < -0.3 is 10.3 Å². The van der Waals surface area contributed by atoms with Crippen LogP contribution in [0.15, 0.2) is 0 Å². The summed E-state index contributed by atoms with van der Waals surface area (Å²) < 4.78 is 1.99. The van der Waals surface area contributed by atoms with E-state index in [0.29, 0.717) is 12.5 Å². The van der Waals surface area contributed by atoms with Crippen LogP contribution in [0.3, 0.4) is 0 Å². The van der Waals surface area contributed by atoms with Crippen molar-refractivity contribution in [2.45, 2.75) is 33.2 Å². The fraction of sp³-hybridized carbons (Fsp3) is 0.778. The van der Waals surface area contributed by atoms with Crippen LogP contribution in [0.5, 0.6) is 0 Å². The largest absolute Gasteiger partial charge is 0.324 e. The molecule has 0 aromatic carbocycles. The van der Waals surface area contributed by atoms with Gasteiger partial charge in [-0.25, -0.2) is 0 Å². The summed E-state index contributed by atoms with van der Waals surface area (Å²) in [6.07, 6.45) is 2.16. The van der Waals surface area contributed by atoms with E-state index in [0.717, 1.165) is 18.1 Å². The summed E-state index contributed by atoms with van der Waals surface area (Å²) in [4.78, 5) is 0. The van der Waals surface area contributed by atoms with Gasteiger partial charge in [0.25, 0.3) is 0 Å². The smallest absolute Gasteiger partial charge is 0.146 e. The maximum absolute atomic E-state index is 5.50. The molecule has 0 aliphatic rings. The first-order valence-corrected chi connectivity index (χ1v) is 4.76. The molecule has 0 spiro atoms. The second kappa shape index (κ2) is 4.37. The van der Waals surface area contributed by atoms with Gasteiger partial charge in [-0.1, -0.05) is 20.3 Å². The summed E-state index contributed by atoms with van der Waals surface area (Å²) in [5.74, 6) is 2.56. The van der Waals surface area contributed by atoms with E-state index >= 15 is 0 Å². The molecule has 0 bridgehead atoms. The quantitative estimate of drug-likeness (QED) is 0.751. The maximum Gasteiger partial charge on any atom is 0.146 e. The molecule has 1 rings (SSSR count). The zero-order chi connectivity index (χ0) is 9.84. The fourth-order valence-corrected chi connectivity index (χ4v) is 1.21. The lowest BCUT2D eigenvalue weighted by atomic mass is 10.1. The highest BCUT2D eigenvalue weighted by molar-refractivity contribution is 4.95. The topological polar surface area (TPSA) is 56.7 Å². The molecule has 13 heavy (non-hydrogen) atoms. The Morgan fingerprint density at radius 2 is 2.00 bits per heavy atom. The molecule has 0 aliphatic carbocycles. The minimum Gasteiger partial charge on any atom is -0.324 e. The van der Waals surface area contributed by atoms with Crippen LogP contribution in [0, 0.1) is 5.92 Å². The van der Waals surface area contributed by atoms with Gasteiger partial charge in [0.15, 0.2) is 0 Å². The van der Waals surface area contributed by atoms with E-state index < -0.39 is 0 Å². The van der Waals surface area contributed by atoms with Gasteiger partial charge in [-0.15, -0.1) is 10.2 Å². The van der Waals surface area contributed by atoms with E-state index in [2.05, 4.69) is 24.0 Å². The van der Waals surface area contributed by atoms with Gasteiger partial charge in [-0.2, -0.15) is 0 Å². The van der Waals surface area contributed by atoms with Crippen LogP contribution in [-0.2, 0) is 20.0 Å². The number of aromatic nitrogens is 3. The zero-order valence-corrected chi connectivity index (χ0v) is 8.62. The zero-order valence-electron chi connectivity index (χ0n) is 8.62. The van der Waals surface area contributed by atoms with Crippen LogP contribution in [-0.4, -0.2) is 14.8 Å². The van der Waals surface area contributed by atoms with Crippen LogP contribution in [0.25, 0.3) is 0 Å². The van der Waals surface area contributed by atoms with Crippen molar-refractivity contribution >= 4 is 0 Å². The van der Waals surface area contributed by atoms with Crippen LogP contribution in [0.2, 0.25) is 0 Å². The van der Waals surface area contributed by atoms with Crippen molar-refractivity contribution in [3.8, 4) is 0 Å². The van der Waals surface area contributed by atoms with E-state index in [-0.39, 0.29) is 0 Å². The predicted molar refractivity (Wildman–Crippen MR) is 52.1 cm³/mol. The van der Waals surface area contributed by atoms with Crippen molar-refractivity contribution in [2.24, 2.45) is 18.7 Å². The van der Waals surface area contributed by atoms with Crippen LogP contribution in [0.1, 0.15) is 31.9 Å². The van der Waals surface area contributed by atoms with Crippen molar-refractivity contribution in [1.82, 2.24) is 14.8 Å². The Morgan fingerprint density at radius 1 is 1.38 bits per heavy atom. The van der Waals surface area contributed by atoms with Gasteiger partial charge in [-0.3, -0.25) is 0 Å². The summed E-state index contributed by atoms with van der Waals surface area (Å²) in [6.45, 7) is 4.87. The molecule has 0 aliphatic heterocycles. The minimum absolute atomic E-state index is 0.462. The van der Waals surface area contributed by atoms with E-state index in [1.54, 1.807) is 0 Å². The van der Waals surface area contributed by atoms with Crippen molar-refractivity contribution in [2.75, 3.05) is 0 Å². The highest BCUT2D eigenvalue weighted by Crippen LogP contribution is 2.09. The molecule has 74 valence electrons. The second-order valence-electron chi connectivity index (χ2n) is 3.51. The monoisotopic (exact) mass is 182 g/mol. The summed E-state index contributed by atoms with van der Waals surface area (Å²) in [7, 11) is 1.97. The molecule has 0 radical (unpaired) electrons. The van der Waals surface area contributed by atoms with Gasteiger partial charge in [0.2, 0.25) is 0 Å². The lowest BCUT2D eigenvalue weighted by Crippen LogP contribution is -2.09. The van der Waals surface area contributed by atoms with E-state index in [1.165, 1.54) is 6.42 Å². The third-order valence-electron chi connectivity index (χ3n) is 2.47. The summed E-state index contributed by atoms with van der Waals surface area (Å²) in [5.41, 5.74) is 5.50.